The topological polar surface area (TPSA) is 164 Å². The number of methoxy groups -OCH3 is 1. The molecule has 2 unspecified atom stereocenters. The van der Waals surface area contributed by atoms with Gasteiger partial charge in [-0.15, -0.1) is 0 Å². The maximum absolute atomic E-state index is 12.8. The van der Waals surface area contributed by atoms with Crippen LogP contribution in [0.3, 0.4) is 0 Å². The van der Waals surface area contributed by atoms with Gasteiger partial charge in [0.15, 0.2) is 17.4 Å². The van der Waals surface area contributed by atoms with Gasteiger partial charge in [0.1, 0.15) is 12.2 Å². The average Bonchev–Trinajstić information content (AvgIpc) is 3.12. The molecular formula is C19H32N5O7P. The van der Waals surface area contributed by atoms with Crippen LogP contribution in [-0.4, -0.2) is 55.4 Å². The third kappa shape index (κ3) is 5.56. The SMILES string of the molecule is COC1[C@@H](OP(=O)(O)OC(C)(C)C)[C@@H](CC(C)(C)C)O[C@H]1n1cnc2c(=O)[nH]c(N)nc21. The maximum atomic E-state index is 12.8. The number of fused-ring (bicyclic) bond motifs is 1. The minimum Gasteiger partial charge on any atom is -0.374 e. The molecule has 180 valence electrons. The van der Waals surface area contributed by atoms with Crippen LogP contribution in [0.4, 0.5) is 5.95 Å². The van der Waals surface area contributed by atoms with Crippen molar-refractivity contribution in [3.05, 3.63) is 16.7 Å². The summed E-state index contributed by atoms with van der Waals surface area (Å²) in [5.74, 6) is -0.0753. The molecule has 1 aliphatic heterocycles. The van der Waals surface area contributed by atoms with Crippen LogP contribution in [0.2, 0.25) is 0 Å². The lowest BCUT2D eigenvalue weighted by atomic mass is 9.87. The van der Waals surface area contributed by atoms with Gasteiger partial charge in [0.05, 0.1) is 18.0 Å². The zero-order valence-corrected chi connectivity index (χ0v) is 20.3. The Balaban J connectivity index is 2.02. The number of hydrogen-bond donors (Lipinski definition) is 3. The first-order valence-electron chi connectivity index (χ1n) is 10.2. The second kappa shape index (κ2) is 8.51. The highest BCUT2D eigenvalue weighted by Gasteiger charge is 2.51. The van der Waals surface area contributed by atoms with E-state index in [4.69, 9.17) is 24.3 Å². The summed E-state index contributed by atoms with van der Waals surface area (Å²) in [5.41, 5.74) is 4.40. The lowest BCUT2D eigenvalue weighted by molar-refractivity contribution is -0.0550. The van der Waals surface area contributed by atoms with E-state index < -0.39 is 43.5 Å². The Morgan fingerprint density at radius 2 is 1.94 bits per heavy atom. The molecule has 5 atom stereocenters. The van der Waals surface area contributed by atoms with Crippen molar-refractivity contribution in [2.45, 2.75) is 78.1 Å². The molecule has 0 radical (unpaired) electrons. The number of nitrogens with zero attached hydrogens (tertiary/aromatic N) is 3. The molecule has 0 saturated carbocycles. The number of rotatable bonds is 6. The molecule has 0 amide bonds. The molecule has 2 aromatic rings. The largest absolute Gasteiger partial charge is 0.473 e. The van der Waals surface area contributed by atoms with Gasteiger partial charge in [-0.25, -0.2) is 9.55 Å². The molecule has 4 N–H and O–H groups in total. The van der Waals surface area contributed by atoms with Gasteiger partial charge in [-0.05, 0) is 32.6 Å². The van der Waals surface area contributed by atoms with Gasteiger partial charge in [-0.3, -0.25) is 23.4 Å². The first-order valence-corrected chi connectivity index (χ1v) is 11.7. The van der Waals surface area contributed by atoms with E-state index in [9.17, 15) is 14.3 Å². The zero-order valence-electron chi connectivity index (χ0n) is 19.4. The number of hydrogen-bond acceptors (Lipinski definition) is 9. The smallest absolute Gasteiger partial charge is 0.374 e. The summed E-state index contributed by atoms with van der Waals surface area (Å²) in [6, 6.07) is 0. The highest BCUT2D eigenvalue weighted by Crippen LogP contribution is 2.52. The highest BCUT2D eigenvalue weighted by molar-refractivity contribution is 7.47. The van der Waals surface area contributed by atoms with Gasteiger partial charge < -0.3 is 20.1 Å². The van der Waals surface area contributed by atoms with Gasteiger partial charge in [-0.1, -0.05) is 20.8 Å². The minimum absolute atomic E-state index is 0.0753. The molecule has 0 aliphatic carbocycles. The lowest BCUT2D eigenvalue weighted by Gasteiger charge is -2.30. The van der Waals surface area contributed by atoms with Crippen LogP contribution in [-0.2, 0) is 23.1 Å². The van der Waals surface area contributed by atoms with E-state index in [1.165, 1.54) is 18.0 Å². The Kier molecular flexibility index (Phi) is 6.60. The van der Waals surface area contributed by atoms with Gasteiger partial charge in [0.25, 0.3) is 5.56 Å². The number of aromatic nitrogens is 4. The highest BCUT2D eigenvalue weighted by atomic mass is 31.2. The van der Waals surface area contributed by atoms with Crippen LogP contribution in [0.5, 0.6) is 0 Å². The summed E-state index contributed by atoms with van der Waals surface area (Å²) in [7, 11) is -3.02. The average molecular weight is 473 g/mol. The molecule has 0 aromatic carbocycles. The van der Waals surface area contributed by atoms with Crippen LogP contribution in [0, 0.1) is 5.41 Å². The monoisotopic (exact) mass is 473 g/mol. The molecule has 0 bridgehead atoms. The molecule has 12 nitrogen and oxygen atoms in total. The van der Waals surface area contributed by atoms with E-state index in [0.717, 1.165) is 0 Å². The summed E-state index contributed by atoms with van der Waals surface area (Å²) in [6.07, 6.45) is -1.35. The molecule has 1 aliphatic rings. The number of imidazole rings is 1. The van der Waals surface area contributed by atoms with Gasteiger partial charge in [0.2, 0.25) is 5.95 Å². The van der Waals surface area contributed by atoms with Crippen molar-refractivity contribution in [3.8, 4) is 0 Å². The number of phosphoric acid groups is 1. The number of ether oxygens (including phenoxy) is 2. The number of nitrogens with two attached hydrogens (primary N) is 1. The summed E-state index contributed by atoms with van der Waals surface area (Å²) in [4.78, 5) is 33.3. The second-order valence-electron chi connectivity index (χ2n) is 10.0. The predicted octanol–water partition coefficient (Wildman–Crippen LogP) is 2.35. The number of nitrogens with one attached hydrogen (secondary N) is 1. The molecule has 13 heteroatoms. The van der Waals surface area contributed by atoms with Crippen molar-refractivity contribution in [2.24, 2.45) is 5.41 Å². The molecule has 1 fully saturated rings. The van der Waals surface area contributed by atoms with Gasteiger partial charge >= 0.3 is 7.82 Å². The molecular weight excluding hydrogens is 441 g/mol. The Morgan fingerprint density at radius 3 is 2.50 bits per heavy atom. The van der Waals surface area contributed by atoms with Crippen molar-refractivity contribution in [1.82, 2.24) is 19.5 Å². The van der Waals surface area contributed by atoms with Gasteiger partial charge in [0, 0.05) is 7.11 Å². The van der Waals surface area contributed by atoms with E-state index in [1.54, 1.807) is 20.8 Å². The van der Waals surface area contributed by atoms with E-state index in [0.29, 0.717) is 6.42 Å². The molecule has 2 aromatic heterocycles. The van der Waals surface area contributed by atoms with Crippen LogP contribution in [0.25, 0.3) is 11.2 Å². The van der Waals surface area contributed by atoms with E-state index in [2.05, 4.69) is 15.0 Å². The van der Waals surface area contributed by atoms with Crippen molar-refractivity contribution in [3.63, 3.8) is 0 Å². The summed E-state index contributed by atoms with van der Waals surface area (Å²) in [6.45, 7) is 11.0. The summed E-state index contributed by atoms with van der Waals surface area (Å²) in [5, 5.41) is 0. The van der Waals surface area contributed by atoms with Crippen molar-refractivity contribution in [2.75, 3.05) is 12.8 Å². The fraction of sp³-hybridized carbons (Fsp3) is 0.737. The van der Waals surface area contributed by atoms with Crippen LogP contribution in [0.15, 0.2) is 11.1 Å². The number of anilines is 1. The molecule has 0 spiro atoms. The van der Waals surface area contributed by atoms with E-state index >= 15 is 0 Å². The fourth-order valence-electron chi connectivity index (χ4n) is 3.73. The normalized spacial score (nSPS) is 26.5. The van der Waals surface area contributed by atoms with Crippen molar-refractivity contribution < 1.29 is 28.0 Å². The first kappa shape index (κ1) is 24.8. The standard InChI is InChI=1S/C19H32N5O7P/c1-18(2,3)8-10-12(30-32(26,27)31-19(4,5)6)13(28-7)16(29-10)24-9-21-11-14(24)22-17(20)23-15(11)25/h9-10,12-13,16H,8H2,1-7H3,(H,26,27)(H3,20,22,23,25)/t10-,12+,13?,16-/m1/s1. The first-order chi connectivity index (χ1) is 14.6. The van der Waals surface area contributed by atoms with E-state index in [1.807, 2.05) is 20.8 Å². The molecule has 32 heavy (non-hydrogen) atoms. The predicted molar refractivity (Wildman–Crippen MR) is 117 cm³/mol. The number of nitrogen functional groups attached to an aromatic ring is 1. The quantitative estimate of drug-likeness (QED) is 0.530. The van der Waals surface area contributed by atoms with Crippen molar-refractivity contribution in [1.29, 1.82) is 0 Å². The summed E-state index contributed by atoms with van der Waals surface area (Å²) < 4.78 is 37.1. The third-order valence-electron chi connectivity index (χ3n) is 4.74. The molecule has 3 heterocycles. The Morgan fingerprint density at radius 1 is 1.28 bits per heavy atom. The second-order valence-corrected chi connectivity index (χ2v) is 11.4. The lowest BCUT2D eigenvalue weighted by Crippen LogP contribution is -2.37. The van der Waals surface area contributed by atoms with Crippen LogP contribution in [0.1, 0.15) is 54.2 Å². The molecule has 3 rings (SSSR count). The Bertz CT molecular complexity index is 1070. The fourth-order valence-corrected chi connectivity index (χ4v) is 5.03. The third-order valence-corrected chi connectivity index (χ3v) is 6.03. The number of phosphoric ester groups is 1. The Hall–Kier alpha value is -1.82. The van der Waals surface area contributed by atoms with E-state index in [-0.39, 0.29) is 22.5 Å². The van der Waals surface area contributed by atoms with Gasteiger partial charge in [-0.2, -0.15) is 4.98 Å². The Labute approximate surface area is 186 Å². The zero-order chi connectivity index (χ0) is 24.1. The van der Waals surface area contributed by atoms with Crippen LogP contribution >= 0.6 is 7.82 Å². The maximum Gasteiger partial charge on any atom is 0.473 e. The molecule has 1 saturated heterocycles. The summed E-state index contributed by atoms with van der Waals surface area (Å²) >= 11 is 0. The van der Waals surface area contributed by atoms with Crippen LogP contribution < -0.4 is 11.3 Å². The minimum atomic E-state index is -4.46. The number of H-pyrrole nitrogens is 1. The van der Waals surface area contributed by atoms with Crippen molar-refractivity contribution >= 4 is 24.9 Å². The number of aromatic amines is 1.